The molecule has 0 aliphatic carbocycles. The van der Waals surface area contributed by atoms with Crippen LogP contribution in [0.4, 0.5) is 17.1 Å². The van der Waals surface area contributed by atoms with Crippen LogP contribution in [0.15, 0.2) is 42.5 Å². The van der Waals surface area contributed by atoms with Crippen LogP contribution in [0.1, 0.15) is 56.0 Å². The molecule has 0 bridgehead atoms. The van der Waals surface area contributed by atoms with Crippen LogP contribution in [0.5, 0.6) is 0 Å². The average Bonchev–Trinajstić information content (AvgIpc) is 2.79. The minimum absolute atomic E-state index is 0.0236. The van der Waals surface area contributed by atoms with Gasteiger partial charge in [0.2, 0.25) is 11.8 Å². The number of rotatable bonds is 11. The van der Waals surface area contributed by atoms with E-state index in [-0.39, 0.29) is 24.3 Å². The summed E-state index contributed by atoms with van der Waals surface area (Å²) in [5.74, 6) is -0.311. The molecule has 0 aliphatic heterocycles. The third-order valence-electron chi connectivity index (χ3n) is 5.04. The van der Waals surface area contributed by atoms with E-state index in [1.807, 2.05) is 30.0 Å². The number of hydrogen-bond acceptors (Lipinski definition) is 4. The van der Waals surface area contributed by atoms with Crippen molar-refractivity contribution in [3.8, 4) is 0 Å². The van der Waals surface area contributed by atoms with Gasteiger partial charge in [0.05, 0.1) is 6.54 Å². The van der Waals surface area contributed by atoms with E-state index >= 15 is 0 Å². The number of nitrogens with zero attached hydrogens (tertiary/aromatic N) is 1. The minimum atomic E-state index is -0.226. The number of nitrogens with one attached hydrogen (secondary N) is 3. The maximum atomic E-state index is 12.8. The predicted octanol–water partition coefficient (Wildman–Crippen LogP) is 4.66. The van der Waals surface area contributed by atoms with E-state index in [2.05, 4.69) is 29.8 Å². The van der Waals surface area contributed by atoms with Crippen molar-refractivity contribution in [2.45, 2.75) is 47.0 Å². The van der Waals surface area contributed by atoms with Gasteiger partial charge in [0, 0.05) is 42.1 Å². The Morgan fingerprint density at radius 2 is 1.50 bits per heavy atom. The van der Waals surface area contributed by atoms with E-state index in [4.69, 9.17) is 0 Å². The first-order valence-corrected chi connectivity index (χ1v) is 11.2. The molecule has 0 saturated carbocycles. The minimum Gasteiger partial charge on any atom is -0.376 e. The van der Waals surface area contributed by atoms with Crippen LogP contribution in [0, 0.1) is 6.92 Å². The van der Waals surface area contributed by atoms with Gasteiger partial charge in [-0.25, -0.2) is 0 Å². The Balaban J connectivity index is 2.01. The van der Waals surface area contributed by atoms with Gasteiger partial charge in [-0.05, 0) is 55.7 Å². The van der Waals surface area contributed by atoms with Crippen molar-refractivity contribution in [2.24, 2.45) is 0 Å². The van der Waals surface area contributed by atoms with Crippen LogP contribution in [0.3, 0.4) is 0 Å². The molecule has 172 valence electrons. The maximum Gasteiger partial charge on any atom is 0.253 e. The molecule has 0 spiro atoms. The van der Waals surface area contributed by atoms with Crippen LogP contribution in [-0.4, -0.2) is 42.3 Å². The molecule has 0 fully saturated rings. The zero-order valence-electron chi connectivity index (χ0n) is 19.5. The van der Waals surface area contributed by atoms with Crippen molar-refractivity contribution in [3.63, 3.8) is 0 Å². The molecule has 0 aromatic heterocycles. The van der Waals surface area contributed by atoms with Gasteiger partial charge in [-0.1, -0.05) is 32.9 Å². The Bertz CT molecular complexity index is 937. The molecule has 0 aliphatic rings. The highest BCUT2D eigenvalue weighted by Crippen LogP contribution is 2.23. The van der Waals surface area contributed by atoms with Crippen LogP contribution < -0.4 is 16.0 Å². The number of carbonyl (C=O) groups excluding carboxylic acids is 3. The lowest BCUT2D eigenvalue weighted by Crippen LogP contribution is -2.32. The normalized spacial score (nSPS) is 10.4. The summed E-state index contributed by atoms with van der Waals surface area (Å²) in [6, 6.07) is 12.5. The van der Waals surface area contributed by atoms with E-state index in [0.717, 1.165) is 29.8 Å². The van der Waals surface area contributed by atoms with Crippen molar-refractivity contribution < 1.29 is 14.4 Å². The van der Waals surface area contributed by atoms with Crippen LogP contribution >= 0.6 is 0 Å². The van der Waals surface area contributed by atoms with Gasteiger partial charge >= 0.3 is 0 Å². The third kappa shape index (κ3) is 7.11. The molecule has 0 radical (unpaired) electrons. The van der Waals surface area contributed by atoms with Crippen LogP contribution in [-0.2, 0) is 9.59 Å². The number of anilines is 3. The summed E-state index contributed by atoms with van der Waals surface area (Å²) in [6.07, 6.45) is 2.20. The molecule has 0 unspecified atom stereocenters. The van der Waals surface area contributed by atoms with E-state index < -0.39 is 0 Å². The number of benzene rings is 2. The highest BCUT2D eigenvalue weighted by Gasteiger charge is 2.15. The summed E-state index contributed by atoms with van der Waals surface area (Å²) in [5, 5.41) is 8.82. The first kappa shape index (κ1) is 24.9. The van der Waals surface area contributed by atoms with Crippen molar-refractivity contribution in [1.82, 2.24) is 4.90 Å². The molecular formula is C25H34N4O3. The van der Waals surface area contributed by atoms with Gasteiger partial charge in [-0.2, -0.15) is 0 Å². The molecule has 32 heavy (non-hydrogen) atoms. The second kappa shape index (κ2) is 12.5. The molecule has 7 heteroatoms. The molecule has 2 rings (SSSR count). The Labute approximate surface area is 190 Å². The van der Waals surface area contributed by atoms with E-state index in [0.29, 0.717) is 30.8 Å². The molecule has 7 nitrogen and oxygen atoms in total. The lowest BCUT2D eigenvalue weighted by atomic mass is 10.1. The fraction of sp³-hybridized carbons (Fsp3) is 0.400. The Morgan fingerprint density at radius 1 is 0.844 bits per heavy atom. The Kier molecular flexibility index (Phi) is 9.73. The quantitative estimate of drug-likeness (QED) is 0.476. The largest absolute Gasteiger partial charge is 0.376 e. The van der Waals surface area contributed by atoms with Crippen molar-refractivity contribution >= 4 is 34.8 Å². The number of carbonyl (C=O) groups is 3. The van der Waals surface area contributed by atoms with Crippen molar-refractivity contribution in [2.75, 3.05) is 35.6 Å². The maximum absolute atomic E-state index is 12.8. The van der Waals surface area contributed by atoms with Crippen LogP contribution in [0.25, 0.3) is 0 Å². The molecular weight excluding hydrogens is 404 g/mol. The average molecular weight is 439 g/mol. The van der Waals surface area contributed by atoms with Gasteiger partial charge in [0.15, 0.2) is 0 Å². The highest BCUT2D eigenvalue weighted by molar-refractivity contribution is 5.98. The molecule has 0 heterocycles. The molecule has 2 aromatic carbocycles. The lowest BCUT2D eigenvalue weighted by Gasteiger charge is -2.21. The lowest BCUT2D eigenvalue weighted by molar-refractivity contribution is -0.116. The van der Waals surface area contributed by atoms with Gasteiger partial charge in [0.1, 0.15) is 0 Å². The second-order valence-electron chi connectivity index (χ2n) is 7.65. The fourth-order valence-electron chi connectivity index (χ4n) is 3.35. The first-order chi connectivity index (χ1) is 15.4. The van der Waals surface area contributed by atoms with Crippen molar-refractivity contribution in [3.05, 3.63) is 53.6 Å². The molecule has 2 aromatic rings. The first-order valence-electron chi connectivity index (χ1n) is 11.2. The zero-order chi connectivity index (χ0) is 23.5. The van der Waals surface area contributed by atoms with E-state index in [1.54, 1.807) is 31.2 Å². The Hall–Kier alpha value is -3.35. The number of amides is 3. The van der Waals surface area contributed by atoms with Crippen LogP contribution in [0.2, 0.25) is 0 Å². The monoisotopic (exact) mass is 438 g/mol. The van der Waals surface area contributed by atoms with Gasteiger partial charge in [-0.15, -0.1) is 0 Å². The van der Waals surface area contributed by atoms with Gasteiger partial charge in [0.25, 0.3) is 5.91 Å². The molecule has 0 atom stereocenters. The molecule has 0 saturated heterocycles. The number of hydrogen-bond donors (Lipinski definition) is 3. The second-order valence-corrected chi connectivity index (χ2v) is 7.65. The van der Waals surface area contributed by atoms with Crippen molar-refractivity contribution in [1.29, 1.82) is 0 Å². The van der Waals surface area contributed by atoms with E-state index in [1.165, 1.54) is 0 Å². The summed E-state index contributed by atoms with van der Waals surface area (Å²) < 4.78 is 0. The van der Waals surface area contributed by atoms with Gasteiger partial charge < -0.3 is 20.9 Å². The predicted molar refractivity (Wildman–Crippen MR) is 130 cm³/mol. The summed E-state index contributed by atoms with van der Waals surface area (Å²) in [5.41, 5.74) is 3.50. The standard InChI is InChI=1S/C25H34N4O3/c1-5-14-29(15-6-2)25(32)19-10-8-11-20(16-19)27-24(31)17-26-21-12-9-13-22(18(21)4)28-23(30)7-3/h8-13,16,26H,5-7,14-15,17H2,1-4H3,(H,27,31)(H,28,30). The Morgan fingerprint density at radius 3 is 2.16 bits per heavy atom. The molecule has 3 amide bonds. The molecule has 3 N–H and O–H groups in total. The van der Waals surface area contributed by atoms with E-state index in [9.17, 15) is 14.4 Å². The SMILES string of the molecule is CCCN(CCC)C(=O)c1cccc(NC(=O)CNc2cccc(NC(=O)CC)c2C)c1. The zero-order valence-corrected chi connectivity index (χ0v) is 19.5. The summed E-state index contributed by atoms with van der Waals surface area (Å²) in [6.45, 7) is 9.27. The smallest absolute Gasteiger partial charge is 0.253 e. The third-order valence-corrected chi connectivity index (χ3v) is 5.04. The highest BCUT2D eigenvalue weighted by atomic mass is 16.2. The summed E-state index contributed by atoms with van der Waals surface area (Å²) >= 11 is 0. The summed E-state index contributed by atoms with van der Waals surface area (Å²) in [4.78, 5) is 38.8. The summed E-state index contributed by atoms with van der Waals surface area (Å²) in [7, 11) is 0. The topological polar surface area (TPSA) is 90.5 Å². The fourth-order valence-corrected chi connectivity index (χ4v) is 3.35. The van der Waals surface area contributed by atoms with Gasteiger partial charge in [-0.3, -0.25) is 14.4 Å².